The Morgan fingerprint density at radius 3 is 2.27 bits per heavy atom. The van der Waals surface area contributed by atoms with Crippen LogP contribution in [0.25, 0.3) is 0 Å². The Balaban J connectivity index is 3.37. The van der Waals surface area contributed by atoms with Crippen LogP contribution in [-0.4, -0.2) is 30.7 Å². The Labute approximate surface area is 65.6 Å². The van der Waals surface area contributed by atoms with Crippen LogP contribution in [0, 0.1) is 5.92 Å². The van der Waals surface area contributed by atoms with Crippen molar-refractivity contribution in [3.05, 3.63) is 0 Å². The van der Waals surface area contributed by atoms with Gasteiger partial charge in [0.05, 0.1) is 6.04 Å². The predicted molar refractivity (Wildman–Crippen MR) is 39.7 cm³/mol. The maximum atomic E-state index is 11.9. The number of aliphatic hydroxyl groups is 1. The van der Waals surface area contributed by atoms with Gasteiger partial charge in [-0.1, -0.05) is 6.92 Å². The molecule has 68 valence electrons. The Bertz CT molecular complexity index is 100. The molecular weight excluding hydrogens is 152 g/mol. The van der Waals surface area contributed by atoms with Gasteiger partial charge in [0, 0.05) is 13.2 Å². The zero-order valence-electron chi connectivity index (χ0n) is 6.85. The Kier molecular flexibility index (Phi) is 5.32. The van der Waals surface area contributed by atoms with Gasteiger partial charge in [0.1, 0.15) is 0 Å². The van der Waals surface area contributed by atoms with E-state index in [9.17, 15) is 8.78 Å². The molecule has 0 saturated heterocycles. The van der Waals surface area contributed by atoms with E-state index in [1.54, 1.807) is 6.92 Å². The average molecular weight is 167 g/mol. The third-order valence-electron chi connectivity index (χ3n) is 1.48. The topological polar surface area (TPSA) is 32.3 Å². The fourth-order valence-corrected chi connectivity index (χ4v) is 0.541. The van der Waals surface area contributed by atoms with Gasteiger partial charge in [0.25, 0.3) is 6.43 Å². The van der Waals surface area contributed by atoms with E-state index in [1.165, 1.54) is 6.92 Å². The minimum atomic E-state index is -2.33. The van der Waals surface area contributed by atoms with Crippen LogP contribution in [0.3, 0.4) is 0 Å². The van der Waals surface area contributed by atoms with Crippen LogP contribution in [0.5, 0.6) is 0 Å². The molecule has 11 heavy (non-hydrogen) atoms. The standard InChI is InChI=1S/C7H15F2NO/c1-5(4-11)3-10-6(2)7(8)9/h5-7,10-11H,3-4H2,1-2H3. The van der Waals surface area contributed by atoms with Gasteiger partial charge in [-0.2, -0.15) is 0 Å². The first-order valence-corrected chi connectivity index (χ1v) is 3.70. The van der Waals surface area contributed by atoms with Crippen LogP contribution in [-0.2, 0) is 0 Å². The highest BCUT2D eigenvalue weighted by atomic mass is 19.3. The lowest BCUT2D eigenvalue weighted by atomic mass is 10.2. The molecule has 2 atom stereocenters. The molecule has 0 spiro atoms. The molecule has 2 unspecified atom stereocenters. The monoisotopic (exact) mass is 167 g/mol. The highest BCUT2D eigenvalue weighted by Gasteiger charge is 2.13. The smallest absolute Gasteiger partial charge is 0.253 e. The van der Waals surface area contributed by atoms with Gasteiger partial charge < -0.3 is 10.4 Å². The maximum Gasteiger partial charge on any atom is 0.253 e. The summed E-state index contributed by atoms with van der Waals surface area (Å²) in [6.07, 6.45) is -2.33. The van der Waals surface area contributed by atoms with Crippen molar-refractivity contribution >= 4 is 0 Å². The van der Waals surface area contributed by atoms with Gasteiger partial charge in [0.2, 0.25) is 0 Å². The van der Waals surface area contributed by atoms with Crippen molar-refractivity contribution in [2.24, 2.45) is 5.92 Å². The first-order valence-electron chi connectivity index (χ1n) is 3.70. The van der Waals surface area contributed by atoms with Crippen LogP contribution in [0.2, 0.25) is 0 Å². The van der Waals surface area contributed by atoms with E-state index in [2.05, 4.69) is 5.32 Å². The van der Waals surface area contributed by atoms with E-state index in [0.29, 0.717) is 6.54 Å². The van der Waals surface area contributed by atoms with Crippen molar-refractivity contribution in [3.63, 3.8) is 0 Å². The van der Waals surface area contributed by atoms with Crippen LogP contribution in [0.1, 0.15) is 13.8 Å². The molecule has 0 aliphatic rings. The molecule has 0 saturated carbocycles. The molecule has 0 aliphatic carbocycles. The number of aliphatic hydroxyl groups excluding tert-OH is 1. The fourth-order valence-electron chi connectivity index (χ4n) is 0.541. The zero-order chi connectivity index (χ0) is 8.85. The van der Waals surface area contributed by atoms with Crippen LogP contribution < -0.4 is 5.32 Å². The molecule has 2 N–H and O–H groups in total. The van der Waals surface area contributed by atoms with Crippen molar-refractivity contribution < 1.29 is 13.9 Å². The largest absolute Gasteiger partial charge is 0.396 e. The summed E-state index contributed by atoms with van der Waals surface area (Å²) in [6, 6.07) is -0.788. The number of nitrogens with one attached hydrogen (secondary N) is 1. The molecule has 0 aromatic heterocycles. The second-order valence-electron chi connectivity index (χ2n) is 2.82. The van der Waals surface area contributed by atoms with Crippen molar-refractivity contribution in [2.45, 2.75) is 26.3 Å². The maximum absolute atomic E-state index is 11.9. The number of rotatable bonds is 5. The Morgan fingerprint density at radius 2 is 1.91 bits per heavy atom. The summed E-state index contributed by atoms with van der Waals surface area (Å²) in [5, 5.41) is 11.2. The van der Waals surface area contributed by atoms with E-state index in [4.69, 9.17) is 5.11 Å². The average Bonchev–Trinajstić information content (AvgIpc) is 1.99. The van der Waals surface area contributed by atoms with Gasteiger partial charge in [-0.25, -0.2) is 8.78 Å². The second kappa shape index (κ2) is 5.43. The summed E-state index contributed by atoms with van der Waals surface area (Å²) in [4.78, 5) is 0. The van der Waals surface area contributed by atoms with E-state index in [0.717, 1.165) is 0 Å². The van der Waals surface area contributed by atoms with Crippen molar-refractivity contribution in [1.29, 1.82) is 0 Å². The normalized spacial score (nSPS) is 16.9. The molecule has 0 aromatic carbocycles. The Morgan fingerprint density at radius 1 is 1.36 bits per heavy atom. The first kappa shape index (κ1) is 10.8. The molecule has 0 amide bonds. The van der Waals surface area contributed by atoms with Gasteiger partial charge in [-0.05, 0) is 12.8 Å². The molecule has 0 radical (unpaired) electrons. The predicted octanol–water partition coefficient (Wildman–Crippen LogP) is 0.858. The Hall–Kier alpha value is -0.220. The van der Waals surface area contributed by atoms with Gasteiger partial charge in [-0.3, -0.25) is 0 Å². The van der Waals surface area contributed by atoms with E-state index in [1.807, 2.05) is 0 Å². The molecule has 2 nitrogen and oxygen atoms in total. The lowest BCUT2D eigenvalue weighted by molar-refractivity contribution is 0.102. The molecule has 0 aliphatic heterocycles. The summed E-state index contributed by atoms with van der Waals surface area (Å²) in [7, 11) is 0. The quantitative estimate of drug-likeness (QED) is 0.636. The molecule has 0 aromatic rings. The highest BCUT2D eigenvalue weighted by molar-refractivity contribution is 4.64. The van der Waals surface area contributed by atoms with Crippen LogP contribution in [0.15, 0.2) is 0 Å². The zero-order valence-corrected chi connectivity index (χ0v) is 6.85. The summed E-state index contributed by atoms with van der Waals surface area (Å²) in [5.74, 6) is 0.0381. The van der Waals surface area contributed by atoms with E-state index in [-0.39, 0.29) is 12.5 Å². The molecular formula is C7H15F2NO. The highest BCUT2D eigenvalue weighted by Crippen LogP contribution is 2.00. The number of alkyl halides is 2. The molecule has 0 bridgehead atoms. The molecule has 0 heterocycles. The third kappa shape index (κ3) is 5.09. The van der Waals surface area contributed by atoms with Gasteiger partial charge in [0.15, 0.2) is 0 Å². The lowest BCUT2D eigenvalue weighted by Gasteiger charge is -2.15. The van der Waals surface area contributed by atoms with Crippen molar-refractivity contribution in [2.75, 3.05) is 13.2 Å². The summed E-state index contributed by atoms with van der Waals surface area (Å²) in [5.41, 5.74) is 0. The minimum absolute atomic E-state index is 0.0307. The minimum Gasteiger partial charge on any atom is -0.396 e. The molecule has 0 fully saturated rings. The first-order chi connectivity index (χ1) is 5.07. The lowest BCUT2D eigenvalue weighted by Crippen LogP contribution is -2.36. The fraction of sp³-hybridized carbons (Fsp3) is 1.00. The SMILES string of the molecule is CC(CO)CNC(C)C(F)F. The van der Waals surface area contributed by atoms with E-state index >= 15 is 0 Å². The second-order valence-corrected chi connectivity index (χ2v) is 2.82. The van der Waals surface area contributed by atoms with Crippen LogP contribution >= 0.6 is 0 Å². The molecule has 4 heteroatoms. The van der Waals surface area contributed by atoms with Gasteiger partial charge >= 0.3 is 0 Å². The van der Waals surface area contributed by atoms with Crippen molar-refractivity contribution in [3.8, 4) is 0 Å². The van der Waals surface area contributed by atoms with E-state index < -0.39 is 12.5 Å². The summed E-state index contributed by atoms with van der Waals surface area (Å²) < 4.78 is 23.7. The van der Waals surface area contributed by atoms with Gasteiger partial charge in [-0.15, -0.1) is 0 Å². The summed E-state index contributed by atoms with van der Waals surface area (Å²) >= 11 is 0. The number of hydrogen-bond acceptors (Lipinski definition) is 2. The number of hydrogen-bond donors (Lipinski definition) is 2. The number of halogens is 2. The van der Waals surface area contributed by atoms with Crippen LogP contribution in [0.4, 0.5) is 8.78 Å². The third-order valence-corrected chi connectivity index (χ3v) is 1.48. The molecule has 0 rings (SSSR count). The summed E-state index contributed by atoms with van der Waals surface area (Å²) in [6.45, 7) is 3.69. The van der Waals surface area contributed by atoms with Crippen molar-refractivity contribution in [1.82, 2.24) is 5.32 Å².